The molecule has 0 radical (unpaired) electrons. The number of aryl methyl sites for hydroxylation is 4. The molecule has 4 aromatic rings. The topological polar surface area (TPSA) is 6.48 Å². The van der Waals surface area contributed by atoms with Gasteiger partial charge in [-0.3, -0.25) is 0 Å². The van der Waals surface area contributed by atoms with E-state index in [0.717, 1.165) is 0 Å². The molecule has 39 heavy (non-hydrogen) atoms. The molecule has 2 heteroatoms. The van der Waals surface area contributed by atoms with E-state index in [9.17, 15) is 0 Å². The van der Waals surface area contributed by atoms with Crippen molar-refractivity contribution in [1.82, 2.24) is 0 Å². The molecule has 0 aliphatic rings. The quantitative estimate of drug-likeness (QED) is 0.217. The second-order valence-electron chi connectivity index (χ2n) is 11.0. The molecule has 0 saturated heterocycles. The lowest BCUT2D eigenvalue weighted by atomic mass is 9.86. The van der Waals surface area contributed by atoms with Crippen LogP contribution in [-0.4, -0.2) is 28.2 Å². The number of allylic oxidation sites excluding steroid dienone is 3. The third kappa shape index (κ3) is 6.52. The van der Waals surface area contributed by atoms with E-state index in [1.54, 1.807) is 0 Å². The summed E-state index contributed by atoms with van der Waals surface area (Å²) in [6, 6.07) is 31.1. The van der Waals surface area contributed by atoms with Gasteiger partial charge in [-0.15, -0.1) is 0 Å². The van der Waals surface area contributed by atoms with Gasteiger partial charge < -0.3 is 9.80 Å². The summed E-state index contributed by atoms with van der Waals surface area (Å²) in [6.45, 7) is 8.78. The van der Waals surface area contributed by atoms with Crippen LogP contribution in [0.4, 0.5) is 11.4 Å². The lowest BCUT2D eigenvalue weighted by Crippen LogP contribution is -2.11. The Bertz CT molecular complexity index is 1500. The van der Waals surface area contributed by atoms with Crippen molar-refractivity contribution >= 4 is 16.9 Å². The van der Waals surface area contributed by atoms with Gasteiger partial charge in [0.25, 0.3) is 0 Å². The highest BCUT2D eigenvalue weighted by molar-refractivity contribution is 5.82. The molecule has 0 N–H and O–H groups in total. The molecule has 200 valence electrons. The Morgan fingerprint density at radius 3 is 2.08 bits per heavy atom. The van der Waals surface area contributed by atoms with Gasteiger partial charge in [0.05, 0.1) is 0 Å². The maximum atomic E-state index is 2.36. The summed E-state index contributed by atoms with van der Waals surface area (Å²) >= 11 is 0. The van der Waals surface area contributed by atoms with Gasteiger partial charge in [0, 0.05) is 45.5 Å². The molecule has 4 aromatic carbocycles. The highest BCUT2D eigenvalue weighted by Gasteiger charge is 2.16. The van der Waals surface area contributed by atoms with Crippen LogP contribution in [0, 0.1) is 27.7 Å². The number of benzene rings is 4. The van der Waals surface area contributed by atoms with E-state index in [1.807, 2.05) is 0 Å². The number of nitrogens with zero attached hydrogens (tertiary/aromatic N) is 2. The van der Waals surface area contributed by atoms with Gasteiger partial charge in [0.1, 0.15) is 0 Å². The minimum absolute atomic E-state index is 0.142. The first-order valence-corrected chi connectivity index (χ1v) is 13.7. The van der Waals surface area contributed by atoms with Gasteiger partial charge in [-0.25, -0.2) is 0 Å². The van der Waals surface area contributed by atoms with Crippen molar-refractivity contribution < 1.29 is 0 Å². The summed E-state index contributed by atoms with van der Waals surface area (Å²) in [5.41, 5.74) is 14.0. The molecule has 1 atom stereocenters. The fourth-order valence-electron chi connectivity index (χ4n) is 5.35. The number of hydrogen-bond acceptors (Lipinski definition) is 2. The van der Waals surface area contributed by atoms with Crippen molar-refractivity contribution in [2.24, 2.45) is 0 Å². The predicted molar refractivity (Wildman–Crippen MR) is 171 cm³/mol. The van der Waals surface area contributed by atoms with Crippen LogP contribution in [0.1, 0.15) is 50.4 Å². The molecule has 0 saturated carbocycles. The van der Waals surface area contributed by atoms with Gasteiger partial charge in [0.2, 0.25) is 0 Å². The minimum atomic E-state index is 0.142. The third-order valence-corrected chi connectivity index (χ3v) is 7.50. The highest BCUT2D eigenvalue weighted by atomic mass is 15.1. The van der Waals surface area contributed by atoms with Crippen LogP contribution in [0.3, 0.4) is 0 Å². The fourth-order valence-corrected chi connectivity index (χ4v) is 5.35. The summed E-state index contributed by atoms with van der Waals surface area (Å²) < 4.78 is 0. The summed E-state index contributed by atoms with van der Waals surface area (Å²) in [7, 11) is 8.40. The maximum absolute atomic E-state index is 2.36. The van der Waals surface area contributed by atoms with Crippen LogP contribution in [0.5, 0.6) is 0 Å². The van der Waals surface area contributed by atoms with Gasteiger partial charge in [-0.05, 0) is 90.4 Å². The summed E-state index contributed by atoms with van der Waals surface area (Å²) in [4.78, 5) is 4.34. The Kier molecular flexibility index (Phi) is 8.76. The highest BCUT2D eigenvalue weighted by Crippen LogP contribution is 2.34. The molecule has 0 aliphatic carbocycles. The monoisotopic (exact) mass is 514 g/mol. The van der Waals surface area contributed by atoms with E-state index in [0.29, 0.717) is 0 Å². The lowest BCUT2D eigenvalue weighted by molar-refractivity contribution is 0.994. The van der Waals surface area contributed by atoms with Gasteiger partial charge in [-0.1, -0.05) is 90.5 Å². The van der Waals surface area contributed by atoms with Gasteiger partial charge in [-0.2, -0.15) is 0 Å². The SMILES string of the molecule is Cc1cccc(C(=CC=CC(c2ccc(N(C)C)c(C)c2)c2ccc(N(C)C)cc2C)c2ccccc2C)c1. The van der Waals surface area contributed by atoms with Crippen LogP contribution < -0.4 is 9.80 Å². The lowest BCUT2D eigenvalue weighted by Gasteiger charge is -2.22. The Hall–Kier alpha value is -4.04. The largest absolute Gasteiger partial charge is 0.378 e. The molecule has 0 aromatic heterocycles. The normalized spacial score (nSPS) is 12.6. The van der Waals surface area contributed by atoms with Crippen LogP contribution >= 0.6 is 0 Å². The minimum Gasteiger partial charge on any atom is -0.378 e. The number of anilines is 2. The Balaban J connectivity index is 1.84. The van der Waals surface area contributed by atoms with E-state index in [4.69, 9.17) is 0 Å². The molecule has 2 nitrogen and oxygen atoms in total. The molecule has 0 aliphatic heterocycles. The van der Waals surface area contributed by atoms with Gasteiger partial charge >= 0.3 is 0 Å². The molecule has 0 bridgehead atoms. The predicted octanol–water partition coefficient (Wildman–Crippen LogP) is 8.87. The van der Waals surface area contributed by atoms with Crippen molar-refractivity contribution in [2.75, 3.05) is 38.0 Å². The first-order valence-electron chi connectivity index (χ1n) is 13.7. The summed E-state index contributed by atoms with van der Waals surface area (Å²) in [5.74, 6) is 0.142. The second-order valence-corrected chi connectivity index (χ2v) is 11.0. The Morgan fingerprint density at radius 1 is 0.667 bits per heavy atom. The molecule has 0 heterocycles. The Morgan fingerprint density at radius 2 is 1.44 bits per heavy atom. The van der Waals surface area contributed by atoms with E-state index in [-0.39, 0.29) is 5.92 Å². The van der Waals surface area contributed by atoms with Crippen LogP contribution in [0.15, 0.2) is 103 Å². The molecule has 0 fully saturated rings. The van der Waals surface area contributed by atoms with E-state index >= 15 is 0 Å². The molecule has 1 unspecified atom stereocenters. The van der Waals surface area contributed by atoms with Gasteiger partial charge in [0.15, 0.2) is 0 Å². The molecular formula is C37H42N2. The zero-order chi connectivity index (χ0) is 28.1. The average Bonchev–Trinajstić information content (AvgIpc) is 2.89. The van der Waals surface area contributed by atoms with Crippen molar-refractivity contribution in [3.63, 3.8) is 0 Å². The first-order chi connectivity index (χ1) is 18.7. The zero-order valence-corrected chi connectivity index (χ0v) is 24.8. The van der Waals surface area contributed by atoms with E-state index < -0.39 is 0 Å². The number of rotatable bonds is 8. The zero-order valence-electron chi connectivity index (χ0n) is 24.8. The van der Waals surface area contributed by atoms with E-state index in [1.165, 1.54) is 61.5 Å². The molecule has 0 amide bonds. The molecular weight excluding hydrogens is 472 g/mol. The maximum Gasteiger partial charge on any atom is 0.0390 e. The van der Waals surface area contributed by atoms with Crippen LogP contribution in [0.25, 0.3) is 5.57 Å². The first kappa shape index (κ1) is 28.0. The van der Waals surface area contributed by atoms with Crippen LogP contribution in [0.2, 0.25) is 0 Å². The fraction of sp³-hybridized carbons (Fsp3) is 0.243. The van der Waals surface area contributed by atoms with Crippen molar-refractivity contribution in [1.29, 1.82) is 0 Å². The smallest absolute Gasteiger partial charge is 0.0390 e. The molecule has 0 spiro atoms. The third-order valence-electron chi connectivity index (χ3n) is 7.50. The average molecular weight is 515 g/mol. The molecule has 4 rings (SSSR count). The van der Waals surface area contributed by atoms with Crippen molar-refractivity contribution in [2.45, 2.75) is 33.6 Å². The standard InChI is InChI=1S/C37H42N2/c1-26-13-11-15-30(23-26)35(33-16-10-9-14-27(33)2)17-12-18-36(31-19-22-37(39(7)8)29(4)24-31)34-21-20-32(38(5)6)25-28(34)3/h9-25,36H,1-8H3. The Labute approximate surface area is 235 Å². The number of hydrogen-bond donors (Lipinski definition) is 0. The van der Waals surface area contributed by atoms with E-state index in [2.05, 4.69) is 169 Å². The summed E-state index contributed by atoms with van der Waals surface area (Å²) in [6.07, 6.45) is 6.90. The van der Waals surface area contributed by atoms with Crippen LogP contribution in [-0.2, 0) is 0 Å². The second kappa shape index (κ2) is 12.2. The van der Waals surface area contributed by atoms with Crippen molar-refractivity contribution in [3.05, 3.63) is 148 Å². The summed E-state index contributed by atoms with van der Waals surface area (Å²) in [5, 5.41) is 0. The van der Waals surface area contributed by atoms with Crippen molar-refractivity contribution in [3.8, 4) is 0 Å².